The molecule has 5 rings (SSSR count). The van der Waals surface area contributed by atoms with Gasteiger partial charge in [0.2, 0.25) is 70.9 Å². The summed E-state index contributed by atoms with van der Waals surface area (Å²) in [5.74, 6) is -13.2. The largest absolute Gasteiger partial charge is 0.504 e. The van der Waals surface area contributed by atoms with Gasteiger partial charge in [0.1, 0.15) is 59.3 Å². The minimum absolute atomic E-state index is 0.00562. The van der Waals surface area contributed by atoms with Crippen LogP contribution in [0.2, 0.25) is 0 Å². The number of phenolic OH excluding ortho intramolecular Hbond substituents is 2. The fourth-order valence-corrected chi connectivity index (χ4v) is 9.99. The third-order valence-corrected chi connectivity index (χ3v) is 15.0. The Hall–Kier alpha value is -10.0. The molecule has 14 amide bonds. The van der Waals surface area contributed by atoms with Crippen LogP contribution >= 0.6 is 0 Å². The summed E-state index contributed by atoms with van der Waals surface area (Å²) in [7, 11) is 1.59. The first-order valence-electron chi connectivity index (χ1n) is 29.6. The number of hydrogen-bond donors (Lipinski definition) is 19. The molecule has 1 fully saturated rings. The van der Waals surface area contributed by atoms with Crippen LogP contribution in [-0.2, 0) is 67.1 Å². The van der Waals surface area contributed by atoms with Crippen LogP contribution in [0.25, 0.3) is 10.9 Å². The summed E-state index contributed by atoms with van der Waals surface area (Å²) in [6.07, 6.45) is -0.380. The van der Waals surface area contributed by atoms with Gasteiger partial charge in [0.25, 0.3) is 17.6 Å². The SMILES string of the molecule is C[C@@H](NC(=O)[C@H](CO)NC(=O)C1CCN=C([C@@H](CCC(N)=O)NC(=O)[C@H](CC(N)=O)N(O)C(=O)CNC(=O)CNC(=O)[C@@H](CCCCN)NC(=O)[C@@H](C)NC(=O)[C@@H]2CCNc3c(NC(=O)CCC(N)=O)cc4cc(O)c(O)cc4[n+]32)N1)C(=O)N[C@H]1CCCN(C)C1=O. The molecule has 0 radical (unpaired) electrons. The number of phenols is 2. The zero-order chi connectivity index (χ0) is 68.1. The number of likely N-dealkylation sites (tertiary alicyclic amines) is 1. The molecular formula is C55H82N19O18+. The van der Waals surface area contributed by atoms with E-state index >= 15 is 0 Å². The first kappa shape index (κ1) is 72.7. The van der Waals surface area contributed by atoms with Gasteiger partial charge < -0.3 is 96.3 Å². The van der Waals surface area contributed by atoms with E-state index in [0.717, 1.165) is 0 Å². The Morgan fingerprint density at radius 2 is 1.43 bits per heavy atom. The predicted molar refractivity (Wildman–Crippen MR) is 321 cm³/mol. The second kappa shape index (κ2) is 34.2. The number of carbonyl (C=O) groups excluding carboxylic acids is 14. The number of aromatic hydroxyl groups is 2. The lowest BCUT2D eigenvalue weighted by atomic mass is 10.0. The smallest absolute Gasteiger partial charge is 0.299 e. The first-order chi connectivity index (χ1) is 43.5. The zero-order valence-electron chi connectivity index (χ0n) is 51.0. The molecule has 0 saturated carbocycles. The number of aliphatic hydroxyl groups is 1. The highest BCUT2D eigenvalue weighted by Crippen LogP contribution is 2.35. The van der Waals surface area contributed by atoms with Crippen molar-refractivity contribution in [2.45, 2.75) is 145 Å². The Labute approximate surface area is 526 Å². The summed E-state index contributed by atoms with van der Waals surface area (Å²) in [6, 6.07) is -8.04. The fourth-order valence-electron chi connectivity index (χ4n) is 9.99. The average Bonchev–Trinajstić information content (AvgIpc) is 0.753. The van der Waals surface area contributed by atoms with Gasteiger partial charge in [-0.15, -0.1) is 0 Å². The van der Waals surface area contributed by atoms with Crippen LogP contribution in [0.15, 0.2) is 23.2 Å². The number of unbranched alkanes of at least 4 members (excludes halogenated alkanes) is 1. The summed E-state index contributed by atoms with van der Waals surface area (Å²) in [5, 5.41) is 70.0. The van der Waals surface area contributed by atoms with Gasteiger partial charge >= 0.3 is 0 Å². The Morgan fingerprint density at radius 3 is 2.11 bits per heavy atom. The van der Waals surface area contributed by atoms with Gasteiger partial charge in [-0.1, -0.05) is 0 Å². The predicted octanol–water partition coefficient (Wildman–Crippen LogP) is -7.86. The van der Waals surface area contributed by atoms with E-state index in [9.17, 15) is 87.7 Å². The number of benzene rings is 1. The molecule has 0 aliphatic carbocycles. The number of anilines is 2. The second-order valence-electron chi connectivity index (χ2n) is 22.2. The molecule has 0 spiro atoms. The number of aromatic nitrogens is 1. The van der Waals surface area contributed by atoms with Crippen molar-refractivity contribution in [3.05, 3.63) is 18.2 Å². The lowest BCUT2D eigenvalue weighted by Gasteiger charge is -2.32. The number of primary amides is 3. The summed E-state index contributed by atoms with van der Waals surface area (Å²) in [4.78, 5) is 188. The highest BCUT2D eigenvalue weighted by molar-refractivity contribution is 6.01. The highest BCUT2D eigenvalue weighted by atomic mass is 16.5. The number of amides is 14. The van der Waals surface area contributed by atoms with Crippen LogP contribution < -0.4 is 86.0 Å². The third-order valence-electron chi connectivity index (χ3n) is 15.0. The lowest BCUT2D eigenvalue weighted by Crippen LogP contribution is -2.61. The van der Waals surface area contributed by atoms with Gasteiger partial charge in [-0.25, -0.2) is 9.63 Å². The molecule has 2 aromatic rings. The summed E-state index contributed by atoms with van der Waals surface area (Å²) >= 11 is 0. The number of piperidine rings is 1. The van der Waals surface area contributed by atoms with Gasteiger partial charge in [0, 0.05) is 57.3 Å². The van der Waals surface area contributed by atoms with Crippen LogP contribution in [0.3, 0.4) is 0 Å². The van der Waals surface area contributed by atoms with Gasteiger partial charge in [0.05, 0.1) is 38.7 Å². The van der Waals surface area contributed by atoms with Crippen molar-refractivity contribution in [2.24, 2.45) is 27.9 Å². The number of amidine groups is 1. The molecule has 3 aliphatic heterocycles. The number of pyridine rings is 1. The van der Waals surface area contributed by atoms with Crippen LogP contribution in [0.1, 0.15) is 96.9 Å². The normalized spacial score (nSPS) is 17.9. The number of likely N-dealkylation sites (N-methyl/N-ethyl adjacent to an activating group) is 1. The number of nitrogens with zero attached hydrogens (tertiary/aromatic N) is 4. The Morgan fingerprint density at radius 1 is 0.739 bits per heavy atom. The van der Waals surface area contributed by atoms with Crippen LogP contribution in [0, 0.1) is 0 Å². The number of hydrogen-bond acceptors (Lipinski definition) is 22. The Balaban J connectivity index is 1.17. The molecule has 0 bridgehead atoms. The number of aliphatic hydroxyl groups excluding tert-OH is 1. The summed E-state index contributed by atoms with van der Waals surface area (Å²) in [5.41, 5.74) is 22.1. The number of aliphatic imine (C=N–C) groups is 1. The van der Waals surface area contributed by atoms with Crippen molar-refractivity contribution in [1.29, 1.82) is 0 Å². The number of carbonyl (C=O) groups is 14. The van der Waals surface area contributed by atoms with Gasteiger partial charge in [-0.3, -0.25) is 82.6 Å². The third kappa shape index (κ3) is 20.8. The standard InChI is InChI=1S/C55H81N19O18/c1-26(49(85)70-32-8-6-18-72(3)55(32)91)64-52(88)34(25-75)71-51(87)31-13-16-60-46(67-31)29(9-10-40(57)78)68-54(90)37(22-42(59)80)74(92)45(83)24-62-44(82)23-63-50(86)30(7-4-5-15-56)69-48(84)27(2)65-53(89)35-14-17-61-47-33(66-43(81)12-11-41(58)79)19-28-20-38(76)39(77)21-36(28)73(35)47/h19-21,26-27,29-32,34-35,37,75,92H,4-18,22-25,56H2,1-3H3,(H18,57,58,59,60,61,62,63,64,65,66,67,68,69,70,71,76,77,78,79,80,81,82,84,85,86,87,88,89,90)/p+1/t26-,27-,29-,30-,31?,32+,34+,35+,37+/m1/s1. The molecule has 1 aromatic carbocycles. The van der Waals surface area contributed by atoms with Crippen LogP contribution in [-0.4, -0.2) is 220 Å². The first-order valence-corrected chi connectivity index (χ1v) is 29.6. The van der Waals surface area contributed by atoms with E-state index in [1.165, 1.54) is 41.5 Å². The Bertz CT molecular complexity index is 3180. The fraction of sp³-hybridized carbons (Fsp3) is 0.564. The van der Waals surface area contributed by atoms with E-state index in [4.69, 9.17) is 22.9 Å². The average molecular weight is 1300 g/mol. The molecule has 1 unspecified atom stereocenters. The monoisotopic (exact) mass is 1300 g/mol. The van der Waals surface area contributed by atoms with E-state index in [1.54, 1.807) is 7.05 Å². The van der Waals surface area contributed by atoms with Gasteiger partial charge in [0.15, 0.2) is 17.5 Å². The lowest BCUT2D eigenvalue weighted by molar-refractivity contribution is -0.674. The van der Waals surface area contributed by atoms with E-state index in [-0.39, 0.29) is 97.4 Å². The van der Waals surface area contributed by atoms with E-state index < -0.39 is 175 Å². The van der Waals surface area contributed by atoms with Gasteiger partial charge in [-0.2, -0.15) is 0 Å². The minimum Gasteiger partial charge on any atom is -0.504 e. The molecule has 4 heterocycles. The molecule has 9 atom stereocenters. The maximum absolute atomic E-state index is 14.1. The molecule has 37 nitrogen and oxygen atoms in total. The van der Waals surface area contributed by atoms with Crippen molar-refractivity contribution in [3.8, 4) is 11.5 Å². The molecule has 3 aliphatic rings. The quantitative estimate of drug-likeness (QED) is 0.0104. The number of nitrogens with one attached hydrogen (secondary N) is 11. The zero-order valence-corrected chi connectivity index (χ0v) is 51.0. The molecular weight excluding hydrogens is 1210 g/mol. The van der Waals surface area contributed by atoms with Crippen molar-refractivity contribution in [2.75, 3.05) is 63.6 Å². The summed E-state index contributed by atoms with van der Waals surface area (Å²) in [6.45, 7) is 0.730. The highest BCUT2D eigenvalue weighted by Gasteiger charge is 2.40. The number of rotatable bonds is 33. The number of nitrogens with two attached hydrogens (primary N) is 4. The minimum atomic E-state index is -2.09. The van der Waals surface area contributed by atoms with Crippen molar-refractivity contribution >= 4 is 111 Å². The molecule has 92 heavy (non-hydrogen) atoms. The van der Waals surface area contributed by atoms with E-state index in [0.29, 0.717) is 32.2 Å². The maximum atomic E-state index is 14.1. The Kier molecular flexibility index (Phi) is 27.1. The topological polar surface area (TPSA) is 579 Å². The molecule has 23 N–H and O–H groups in total. The van der Waals surface area contributed by atoms with Gasteiger partial charge in [-0.05, 0) is 77.5 Å². The molecule has 1 aromatic heterocycles. The second-order valence-corrected chi connectivity index (χ2v) is 22.2. The van der Waals surface area contributed by atoms with E-state index in [2.05, 4.69) is 63.5 Å². The van der Waals surface area contributed by atoms with Crippen molar-refractivity contribution in [1.82, 2.24) is 57.8 Å². The molecule has 504 valence electrons. The van der Waals surface area contributed by atoms with E-state index in [1.807, 2.05) is 0 Å². The number of hydroxylamine groups is 2. The van der Waals surface area contributed by atoms with Crippen molar-refractivity contribution < 1.29 is 92.2 Å². The molecule has 37 heteroatoms. The number of fused-ring (bicyclic) bond motifs is 3. The summed E-state index contributed by atoms with van der Waals surface area (Å²) < 4.78 is 1.46. The van der Waals surface area contributed by atoms with Crippen molar-refractivity contribution in [3.63, 3.8) is 0 Å². The maximum Gasteiger partial charge on any atom is 0.299 e. The van der Waals surface area contributed by atoms with Crippen LogP contribution in [0.4, 0.5) is 11.5 Å². The molecule has 1 saturated heterocycles. The van der Waals surface area contributed by atoms with Crippen LogP contribution in [0.5, 0.6) is 11.5 Å².